The Hall–Kier alpha value is -1.54. The van der Waals surface area contributed by atoms with Gasteiger partial charge in [-0.1, -0.05) is 47.0 Å². The minimum absolute atomic E-state index is 0.0853. The molecule has 0 radical (unpaired) electrons. The van der Waals surface area contributed by atoms with Crippen LogP contribution in [-0.2, 0) is 9.47 Å². The highest BCUT2D eigenvalue weighted by molar-refractivity contribution is 5.75. The minimum Gasteiger partial charge on any atom is -0.349 e. The molecule has 0 aromatic rings. The number of ether oxygens (including phenoxy) is 2. The Labute approximate surface area is 278 Å². The Morgan fingerprint density at radius 1 is 0.870 bits per heavy atom. The van der Waals surface area contributed by atoms with E-state index in [1.807, 2.05) is 4.90 Å². The summed E-state index contributed by atoms with van der Waals surface area (Å²) in [6, 6.07) is 0.432. The first kappa shape index (κ1) is 33.0. The SMILES string of the molecule is CNC(=O)NCCN(C(=O)N[C@@H]1CC[C@@]2(C)[C@H](CC[C@H]3C4C[C@@H]5O[C@]6(CC[C@H](C)CO6)[C@@H](C)[C@@H]5[C@@]4(C)CC[C@@H]32)C1)C1CCCCC1. The van der Waals surface area contributed by atoms with Gasteiger partial charge in [0.1, 0.15) is 0 Å². The van der Waals surface area contributed by atoms with Crippen molar-refractivity contribution in [2.75, 3.05) is 26.7 Å². The molecule has 5 aliphatic carbocycles. The second kappa shape index (κ2) is 12.7. The summed E-state index contributed by atoms with van der Waals surface area (Å²) in [5.41, 5.74) is 0.741. The van der Waals surface area contributed by atoms with Gasteiger partial charge < -0.3 is 30.3 Å². The van der Waals surface area contributed by atoms with Crippen LogP contribution < -0.4 is 16.0 Å². The van der Waals surface area contributed by atoms with Crippen LogP contribution in [0.4, 0.5) is 9.59 Å². The number of rotatable bonds is 5. The Morgan fingerprint density at radius 2 is 1.65 bits per heavy atom. The quantitative estimate of drug-likeness (QED) is 0.300. The molecule has 3 N–H and O–H groups in total. The minimum atomic E-state index is -0.327. The van der Waals surface area contributed by atoms with Crippen molar-refractivity contribution in [3.05, 3.63) is 0 Å². The van der Waals surface area contributed by atoms with Crippen LogP contribution in [0.1, 0.15) is 124 Å². The number of nitrogens with zero attached hydrogens (tertiary/aromatic N) is 1. The maximum Gasteiger partial charge on any atom is 0.317 e. The van der Waals surface area contributed by atoms with E-state index in [1.165, 1.54) is 64.2 Å². The van der Waals surface area contributed by atoms with E-state index in [0.717, 1.165) is 56.5 Å². The van der Waals surface area contributed by atoms with Gasteiger partial charge in [-0.3, -0.25) is 0 Å². The molecule has 46 heavy (non-hydrogen) atoms. The normalized spacial score (nSPS) is 46.8. The highest BCUT2D eigenvalue weighted by atomic mass is 16.7. The molecule has 2 heterocycles. The van der Waals surface area contributed by atoms with Gasteiger partial charge in [-0.25, -0.2) is 9.59 Å². The van der Waals surface area contributed by atoms with E-state index in [0.29, 0.717) is 53.7 Å². The fourth-order valence-corrected chi connectivity index (χ4v) is 12.9. The van der Waals surface area contributed by atoms with Crippen LogP contribution in [-0.4, -0.2) is 67.7 Å². The number of hydrogen-bond donors (Lipinski definition) is 3. The van der Waals surface area contributed by atoms with Crippen LogP contribution in [0.15, 0.2) is 0 Å². The fourth-order valence-electron chi connectivity index (χ4n) is 12.9. The lowest BCUT2D eigenvalue weighted by Gasteiger charge is -2.61. The fraction of sp³-hybridized carbons (Fsp3) is 0.947. The lowest BCUT2D eigenvalue weighted by atomic mass is 9.44. The van der Waals surface area contributed by atoms with E-state index < -0.39 is 0 Å². The first-order chi connectivity index (χ1) is 22.1. The standard InChI is InChI=1S/C38H64N4O4/c1-24-13-18-38(45-23-24)25(2)33-32(46-38)22-31-29-12-11-26-21-27(14-16-36(26,3)30(29)15-17-37(31,33)4)41-35(44)42(20-19-40-34(43)39-5)28-9-7-6-8-10-28/h24-33H,6-23H2,1-5H3,(H,41,44)(H2,39,40,43)/t24-,25-,26+,27+,29+,30-,31?,32-,33-,36-,37-,38+/m0/s1. The molecule has 1 unspecified atom stereocenters. The van der Waals surface area contributed by atoms with E-state index in [4.69, 9.17) is 9.47 Å². The summed E-state index contributed by atoms with van der Waals surface area (Å²) in [6.45, 7) is 12.0. The third-order valence-electron chi connectivity index (χ3n) is 15.4. The molecule has 7 fully saturated rings. The van der Waals surface area contributed by atoms with E-state index in [1.54, 1.807) is 7.05 Å². The smallest absolute Gasteiger partial charge is 0.317 e. The maximum atomic E-state index is 13.8. The van der Waals surface area contributed by atoms with Gasteiger partial charge >= 0.3 is 12.1 Å². The molecular weight excluding hydrogens is 576 g/mol. The third-order valence-corrected chi connectivity index (χ3v) is 15.4. The van der Waals surface area contributed by atoms with Gasteiger partial charge in [0.15, 0.2) is 5.79 Å². The first-order valence-electron chi connectivity index (χ1n) is 19.4. The van der Waals surface area contributed by atoms with Gasteiger partial charge in [-0.2, -0.15) is 0 Å². The van der Waals surface area contributed by atoms with Gasteiger partial charge in [0.25, 0.3) is 0 Å². The molecule has 2 saturated heterocycles. The second-order valence-electron chi connectivity index (χ2n) is 17.6. The number of amides is 4. The average molecular weight is 641 g/mol. The first-order valence-corrected chi connectivity index (χ1v) is 19.4. The number of carbonyl (C=O) groups is 2. The zero-order valence-corrected chi connectivity index (χ0v) is 29.6. The van der Waals surface area contributed by atoms with E-state index >= 15 is 0 Å². The number of urea groups is 2. The van der Waals surface area contributed by atoms with Gasteiger partial charge in [0.2, 0.25) is 0 Å². The van der Waals surface area contributed by atoms with Crippen molar-refractivity contribution in [3.8, 4) is 0 Å². The van der Waals surface area contributed by atoms with E-state index in [2.05, 4.69) is 43.6 Å². The molecule has 4 amide bonds. The maximum absolute atomic E-state index is 13.8. The number of nitrogens with one attached hydrogen (secondary N) is 3. The molecule has 7 rings (SSSR count). The average Bonchev–Trinajstić information content (AvgIpc) is 3.50. The van der Waals surface area contributed by atoms with Crippen molar-refractivity contribution in [2.24, 2.45) is 52.3 Å². The van der Waals surface area contributed by atoms with E-state index in [9.17, 15) is 9.59 Å². The summed E-state index contributed by atoms with van der Waals surface area (Å²) in [5, 5.41) is 9.04. The van der Waals surface area contributed by atoms with Crippen LogP contribution in [0.5, 0.6) is 0 Å². The van der Waals surface area contributed by atoms with Gasteiger partial charge in [-0.05, 0) is 117 Å². The molecule has 8 nitrogen and oxygen atoms in total. The molecule has 260 valence electrons. The van der Waals surface area contributed by atoms with Crippen molar-refractivity contribution in [3.63, 3.8) is 0 Å². The molecule has 8 heteroatoms. The Kier molecular flexibility index (Phi) is 9.13. The molecule has 1 spiro atoms. The van der Waals surface area contributed by atoms with Crippen LogP contribution in [0.3, 0.4) is 0 Å². The van der Waals surface area contributed by atoms with E-state index in [-0.39, 0.29) is 29.9 Å². The Morgan fingerprint density at radius 3 is 2.39 bits per heavy atom. The highest BCUT2D eigenvalue weighted by Gasteiger charge is 2.69. The topological polar surface area (TPSA) is 91.9 Å². The summed E-state index contributed by atoms with van der Waals surface area (Å²) in [7, 11) is 1.63. The third kappa shape index (κ3) is 5.57. The molecule has 5 saturated carbocycles. The summed E-state index contributed by atoms with van der Waals surface area (Å²) < 4.78 is 13.6. The van der Waals surface area contributed by atoms with Crippen molar-refractivity contribution >= 4 is 12.1 Å². The molecule has 2 aliphatic heterocycles. The Balaban J connectivity index is 0.987. The molecule has 0 aromatic carbocycles. The monoisotopic (exact) mass is 640 g/mol. The molecule has 12 atom stereocenters. The molecule has 7 aliphatic rings. The van der Waals surface area contributed by atoms with Gasteiger partial charge in [0, 0.05) is 44.6 Å². The van der Waals surface area contributed by atoms with Crippen LogP contribution in [0.2, 0.25) is 0 Å². The summed E-state index contributed by atoms with van der Waals surface area (Å²) in [5.74, 6) is 4.49. The summed E-state index contributed by atoms with van der Waals surface area (Å²) in [6.07, 6.45) is 18.4. The number of carbonyl (C=O) groups excluding carboxylic acids is 2. The lowest BCUT2D eigenvalue weighted by Crippen LogP contribution is -2.57. The Bertz CT molecular complexity index is 1120. The predicted octanol–water partition coefficient (Wildman–Crippen LogP) is 7.07. The zero-order chi connectivity index (χ0) is 32.3. The molecule has 0 aromatic heterocycles. The second-order valence-corrected chi connectivity index (χ2v) is 17.6. The largest absolute Gasteiger partial charge is 0.349 e. The van der Waals surface area contributed by atoms with Gasteiger partial charge in [-0.15, -0.1) is 0 Å². The van der Waals surface area contributed by atoms with Crippen LogP contribution in [0.25, 0.3) is 0 Å². The van der Waals surface area contributed by atoms with Gasteiger partial charge in [0.05, 0.1) is 12.7 Å². The van der Waals surface area contributed by atoms with Crippen molar-refractivity contribution < 1.29 is 19.1 Å². The predicted molar refractivity (Wildman–Crippen MR) is 180 cm³/mol. The van der Waals surface area contributed by atoms with Crippen LogP contribution in [0, 0.1) is 52.3 Å². The highest BCUT2D eigenvalue weighted by Crippen LogP contribution is 2.71. The number of fused-ring (bicyclic) bond motifs is 7. The van der Waals surface area contributed by atoms with Crippen molar-refractivity contribution in [1.29, 1.82) is 0 Å². The lowest BCUT2D eigenvalue weighted by molar-refractivity contribution is -0.273. The molecule has 0 bridgehead atoms. The summed E-state index contributed by atoms with van der Waals surface area (Å²) in [4.78, 5) is 27.6. The van der Waals surface area contributed by atoms with Crippen LogP contribution >= 0.6 is 0 Å². The zero-order valence-electron chi connectivity index (χ0n) is 29.6. The van der Waals surface area contributed by atoms with Crippen molar-refractivity contribution in [2.45, 2.75) is 148 Å². The molecular formula is C38H64N4O4. The summed E-state index contributed by atoms with van der Waals surface area (Å²) >= 11 is 0. The van der Waals surface area contributed by atoms with Crippen molar-refractivity contribution in [1.82, 2.24) is 20.9 Å². The number of hydrogen-bond acceptors (Lipinski definition) is 4.